The number of halogens is 1. The molecule has 178 valence electrons. The van der Waals surface area contributed by atoms with Crippen LogP contribution in [0.3, 0.4) is 0 Å². The topological polar surface area (TPSA) is 104 Å². The van der Waals surface area contributed by atoms with Gasteiger partial charge in [-0.05, 0) is 45.1 Å². The highest BCUT2D eigenvalue weighted by Gasteiger charge is 2.29. The van der Waals surface area contributed by atoms with E-state index in [4.69, 9.17) is 16.3 Å². The molecular formula is C24H27ClN6O3. The van der Waals surface area contributed by atoms with Crippen molar-refractivity contribution in [1.29, 1.82) is 0 Å². The second-order valence-electron chi connectivity index (χ2n) is 8.52. The van der Waals surface area contributed by atoms with Crippen LogP contribution >= 0.6 is 11.6 Å². The van der Waals surface area contributed by atoms with Crippen LogP contribution in [0.5, 0.6) is 0 Å². The normalized spacial score (nSPS) is 14.4. The van der Waals surface area contributed by atoms with E-state index in [2.05, 4.69) is 20.2 Å². The van der Waals surface area contributed by atoms with Crippen molar-refractivity contribution < 1.29 is 14.3 Å². The second-order valence-corrected chi connectivity index (χ2v) is 8.95. The van der Waals surface area contributed by atoms with Gasteiger partial charge in [-0.1, -0.05) is 23.7 Å². The fourth-order valence-electron chi connectivity index (χ4n) is 4.12. The number of carbonyl (C=O) groups excluding carboxylic acids is 2. The van der Waals surface area contributed by atoms with Gasteiger partial charge in [0, 0.05) is 47.0 Å². The van der Waals surface area contributed by atoms with E-state index in [1.807, 2.05) is 30.3 Å². The van der Waals surface area contributed by atoms with Crippen molar-refractivity contribution in [2.45, 2.75) is 18.8 Å². The number of carbonyl (C=O) groups is 2. The zero-order chi connectivity index (χ0) is 24.1. The maximum Gasteiger partial charge on any atom is 0.320 e. The van der Waals surface area contributed by atoms with Gasteiger partial charge in [0.2, 0.25) is 0 Å². The monoisotopic (exact) mass is 482 g/mol. The zero-order valence-corrected chi connectivity index (χ0v) is 20.0. The van der Waals surface area contributed by atoms with Gasteiger partial charge in [0.15, 0.2) is 6.61 Å². The van der Waals surface area contributed by atoms with Crippen molar-refractivity contribution in [3.8, 4) is 22.5 Å². The summed E-state index contributed by atoms with van der Waals surface area (Å²) in [5.74, 6) is -0.401. The highest BCUT2D eigenvalue weighted by Crippen LogP contribution is 2.39. The fraction of sp³-hybridized carbons (Fsp3) is 0.375. The molecular weight excluding hydrogens is 456 g/mol. The molecule has 3 heterocycles. The van der Waals surface area contributed by atoms with Crippen LogP contribution in [0.15, 0.2) is 42.9 Å². The number of benzene rings is 1. The van der Waals surface area contributed by atoms with Crippen molar-refractivity contribution in [3.05, 3.63) is 53.6 Å². The summed E-state index contributed by atoms with van der Waals surface area (Å²) in [4.78, 5) is 36.2. The van der Waals surface area contributed by atoms with Gasteiger partial charge in [0.1, 0.15) is 12.0 Å². The summed E-state index contributed by atoms with van der Waals surface area (Å²) < 4.78 is 5.11. The minimum atomic E-state index is -0.407. The third-order valence-electron chi connectivity index (χ3n) is 5.81. The first-order chi connectivity index (χ1) is 16.4. The number of amides is 1. The van der Waals surface area contributed by atoms with Crippen LogP contribution in [0.2, 0.25) is 5.02 Å². The molecule has 0 bridgehead atoms. The number of aromatic nitrogens is 4. The lowest BCUT2D eigenvalue weighted by Gasteiger charge is -2.31. The van der Waals surface area contributed by atoms with E-state index in [1.165, 1.54) is 6.33 Å². The van der Waals surface area contributed by atoms with Crippen molar-refractivity contribution in [2.75, 3.05) is 40.3 Å². The summed E-state index contributed by atoms with van der Waals surface area (Å²) in [6.45, 7) is 1.08. The average molecular weight is 483 g/mol. The molecule has 0 aliphatic carbocycles. The van der Waals surface area contributed by atoms with Crippen molar-refractivity contribution >= 4 is 23.5 Å². The summed E-state index contributed by atoms with van der Waals surface area (Å²) in [5, 5.41) is 8.52. The molecule has 3 aromatic rings. The molecule has 0 spiro atoms. The van der Waals surface area contributed by atoms with Crippen molar-refractivity contribution in [3.63, 3.8) is 0 Å². The molecule has 1 aliphatic heterocycles. The molecule has 4 rings (SSSR count). The molecule has 10 heteroatoms. The number of esters is 1. The number of H-pyrrole nitrogens is 1. The van der Waals surface area contributed by atoms with E-state index < -0.39 is 5.97 Å². The summed E-state index contributed by atoms with van der Waals surface area (Å²) in [6.07, 6.45) is 4.76. The molecule has 0 radical (unpaired) electrons. The number of hydrogen-bond donors (Lipinski definition) is 1. The molecule has 2 aromatic heterocycles. The number of ether oxygens (including phenoxy) is 1. The molecule has 0 unspecified atom stereocenters. The number of hydrogen-bond acceptors (Lipinski definition) is 7. The van der Waals surface area contributed by atoms with Crippen LogP contribution in [0.25, 0.3) is 22.5 Å². The molecule has 1 fully saturated rings. The molecule has 9 nitrogen and oxygen atoms in total. The maximum atomic E-state index is 12.5. The van der Waals surface area contributed by atoms with Crippen LogP contribution in [0, 0.1) is 0 Å². The smallest absolute Gasteiger partial charge is 0.320 e. The van der Waals surface area contributed by atoms with E-state index in [0.29, 0.717) is 18.1 Å². The quantitative estimate of drug-likeness (QED) is 0.516. The van der Waals surface area contributed by atoms with Gasteiger partial charge >= 0.3 is 5.97 Å². The van der Waals surface area contributed by atoms with Gasteiger partial charge in [-0.15, -0.1) is 0 Å². The number of aromatic amines is 1. The maximum absolute atomic E-state index is 12.5. The van der Waals surface area contributed by atoms with Crippen LogP contribution in [-0.2, 0) is 14.3 Å². The summed E-state index contributed by atoms with van der Waals surface area (Å²) >= 11 is 6.07. The summed E-state index contributed by atoms with van der Waals surface area (Å²) in [7, 11) is 3.55. The zero-order valence-electron chi connectivity index (χ0n) is 19.2. The second kappa shape index (κ2) is 10.8. The molecule has 0 atom stereocenters. The molecule has 1 aromatic carbocycles. The standard InChI is InChI=1S/C24H27ClN6O3/c1-30(2)13-21(33)34-14-20(32)31-11-8-17(9-12-31)24-22(19-7-10-26-15-27-19)23(28-29-24)16-3-5-18(25)6-4-16/h3-7,10,15,17H,8-9,11-14H2,1-2H3,(H,28,29). The van der Waals surface area contributed by atoms with Crippen LogP contribution in [-0.4, -0.2) is 82.2 Å². The molecule has 1 amide bonds. The number of nitrogens with zero attached hydrogens (tertiary/aromatic N) is 5. The Balaban J connectivity index is 1.48. The Labute approximate surface area is 203 Å². The van der Waals surface area contributed by atoms with E-state index >= 15 is 0 Å². The van der Waals surface area contributed by atoms with E-state index in [-0.39, 0.29) is 25.0 Å². The summed E-state index contributed by atoms with van der Waals surface area (Å²) in [6, 6.07) is 9.42. The molecule has 1 aliphatic rings. The SMILES string of the molecule is CN(C)CC(=O)OCC(=O)N1CCC(c2[nH]nc(-c3ccc(Cl)cc3)c2-c2ccncn2)CC1. The van der Waals surface area contributed by atoms with E-state index in [9.17, 15) is 9.59 Å². The number of piperidine rings is 1. The van der Waals surface area contributed by atoms with Crippen LogP contribution < -0.4 is 0 Å². The van der Waals surface area contributed by atoms with Gasteiger partial charge in [-0.3, -0.25) is 19.6 Å². The molecule has 0 saturated carbocycles. The highest BCUT2D eigenvalue weighted by molar-refractivity contribution is 6.30. The van der Waals surface area contributed by atoms with E-state index in [1.54, 1.807) is 30.1 Å². The Kier molecular flexibility index (Phi) is 7.54. The predicted octanol–water partition coefficient (Wildman–Crippen LogP) is 3.00. The first-order valence-electron chi connectivity index (χ1n) is 11.1. The van der Waals surface area contributed by atoms with Gasteiger partial charge < -0.3 is 9.64 Å². The first kappa shape index (κ1) is 23.8. The first-order valence-corrected chi connectivity index (χ1v) is 11.5. The molecule has 1 saturated heterocycles. The minimum Gasteiger partial charge on any atom is -0.455 e. The minimum absolute atomic E-state index is 0.150. The van der Waals surface area contributed by atoms with Gasteiger partial charge in [0.25, 0.3) is 5.91 Å². The number of likely N-dealkylation sites (N-methyl/N-ethyl adjacent to an activating group) is 1. The summed E-state index contributed by atoms with van der Waals surface area (Å²) in [5.41, 5.74) is 4.46. The van der Waals surface area contributed by atoms with Gasteiger partial charge in [0.05, 0.1) is 12.2 Å². The predicted molar refractivity (Wildman–Crippen MR) is 128 cm³/mol. The van der Waals surface area contributed by atoms with Crippen molar-refractivity contribution in [1.82, 2.24) is 30.0 Å². The number of nitrogens with one attached hydrogen (secondary N) is 1. The third kappa shape index (κ3) is 5.60. The van der Waals surface area contributed by atoms with Crippen LogP contribution in [0.4, 0.5) is 0 Å². The van der Waals surface area contributed by atoms with E-state index in [0.717, 1.165) is 41.1 Å². The Bertz CT molecular complexity index is 1130. The van der Waals surface area contributed by atoms with Crippen molar-refractivity contribution in [2.24, 2.45) is 0 Å². The lowest BCUT2D eigenvalue weighted by atomic mass is 9.89. The fourth-order valence-corrected chi connectivity index (χ4v) is 4.25. The largest absolute Gasteiger partial charge is 0.455 e. The highest BCUT2D eigenvalue weighted by atomic mass is 35.5. The van der Waals surface area contributed by atoms with Gasteiger partial charge in [-0.2, -0.15) is 5.10 Å². The van der Waals surface area contributed by atoms with Crippen LogP contribution in [0.1, 0.15) is 24.5 Å². The number of rotatable bonds is 7. The molecule has 1 N–H and O–H groups in total. The molecule has 34 heavy (non-hydrogen) atoms. The third-order valence-corrected chi connectivity index (χ3v) is 6.06. The Morgan fingerprint density at radius 2 is 1.91 bits per heavy atom. The lowest BCUT2D eigenvalue weighted by molar-refractivity contribution is -0.152. The lowest BCUT2D eigenvalue weighted by Crippen LogP contribution is -2.40. The number of likely N-dealkylation sites (tertiary alicyclic amines) is 1. The Morgan fingerprint density at radius 1 is 1.18 bits per heavy atom. The Hall–Kier alpha value is -3.30. The van der Waals surface area contributed by atoms with Gasteiger partial charge in [-0.25, -0.2) is 9.97 Å². The Morgan fingerprint density at radius 3 is 2.56 bits per heavy atom. The average Bonchev–Trinajstić information content (AvgIpc) is 3.28.